The van der Waals surface area contributed by atoms with Gasteiger partial charge in [-0.1, -0.05) is 54.6 Å². The topological polar surface area (TPSA) is 65.4 Å². The summed E-state index contributed by atoms with van der Waals surface area (Å²) in [5.74, 6) is 0. The predicted molar refractivity (Wildman–Crippen MR) is 139 cm³/mol. The first kappa shape index (κ1) is 20.4. The van der Waals surface area contributed by atoms with E-state index >= 15 is 0 Å². The van der Waals surface area contributed by atoms with E-state index in [1.54, 1.807) is 6.20 Å². The average Bonchev–Trinajstić information content (AvgIpc) is 3.26. The second-order valence-corrected chi connectivity index (χ2v) is 8.34. The molecule has 2 heterocycles. The molecular weight excluding hydrogens is 428 g/mol. The lowest BCUT2D eigenvalue weighted by molar-refractivity contribution is 1.18. The fourth-order valence-corrected chi connectivity index (χ4v) is 4.75. The third-order valence-electron chi connectivity index (χ3n) is 6.33. The second kappa shape index (κ2) is 8.30. The van der Waals surface area contributed by atoms with Gasteiger partial charge in [0.05, 0.1) is 28.4 Å². The Morgan fingerprint density at radius 1 is 0.600 bits per heavy atom. The third kappa shape index (κ3) is 3.42. The first-order valence-electron chi connectivity index (χ1n) is 11.3. The van der Waals surface area contributed by atoms with Crippen LogP contribution in [0.15, 0.2) is 109 Å². The maximum atomic E-state index is 9.46. The van der Waals surface area contributed by atoms with E-state index in [-0.39, 0.29) is 0 Å². The summed E-state index contributed by atoms with van der Waals surface area (Å²) in [5.41, 5.74) is 8.41. The van der Waals surface area contributed by atoms with Crippen molar-refractivity contribution in [2.75, 3.05) is 0 Å². The molecule has 0 saturated heterocycles. The van der Waals surface area contributed by atoms with E-state index in [1.807, 2.05) is 60.7 Å². The van der Waals surface area contributed by atoms with Crippen LogP contribution in [0, 0.1) is 22.7 Å². The molecular formula is C31H18N4. The van der Waals surface area contributed by atoms with Crippen LogP contribution in [0.3, 0.4) is 0 Å². The minimum atomic E-state index is 0.398. The van der Waals surface area contributed by atoms with E-state index in [1.165, 1.54) is 0 Å². The van der Waals surface area contributed by atoms with Crippen LogP contribution in [-0.2, 0) is 0 Å². The van der Waals surface area contributed by atoms with Gasteiger partial charge in [-0.05, 0) is 65.2 Å². The Bertz CT molecular complexity index is 1830. The van der Waals surface area contributed by atoms with Crippen molar-refractivity contribution in [2.24, 2.45) is 0 Å². The molecule has 162 valence electrons. The Morgan fingerprint density at radius 3 is 2.26 bits per heavy atom. The van der Waals surface area contributed by atoms with E-state index in [9.17, 15) is 10.5 Å². The largest absolute Gasteiger partial charge is 0.309 e. The zero-order valence-corrected chi connectivity index (χ0v) is 18.7. The van der Waals surface area contributed by atoms with Crippen molar-refractivity contribution in [3.05, 3.63) is 121 Å². The van der Waals surface area contributed by atoms with Crippen LogP contribution in [-0.4, -0.2) is 9.55 Å². The Kier molecular flexibility index (Phi) is 4.84. The third-order valence-corrected chi connectivity index (χ3v) is 6.33. The van der Waals surface area contributed by atoms with Crippen LogP contribution >= 0.6 is 0 Å². The molecule has 0 atom stereocenters. The maximum Gasteiger partial charge on any atom is 0.141 e. The van der Waals surface area contributed by atoms with Crippen LogP contribution in [0.4, 0.5) is 0 Å². The summed E-state index contributed by atoms with van der Waals surface area (Å²) >= 11 is 0. The normalized spacial score (nSPS) is 10.8. The molecule has 0 bridgehead atoms. The summed E-state index contributed by atoms with van der Waals surface area (Å²) in [7, 11) is 0. The molecule has 0 aliphatic carbocycles. The fraction of sp³-hybridized carbons (Fsp3) is 0. The zero-order valence-electron chi connectivity index (χ0n) is 18.7. The van der Waals surface area contributed by atoms with Gasteiger partial charge in [0.25, 0.3) is 0 Å². The molecule has 0 aliphatic heterocycles. The maximum absolute atomic E-state index is 9.46. The summed E-state index contributed by atoms with van der Waals surface area (Å²) in [6, 6.07) is 39.0. The van der Waals surface area contributed by atoms with Crippen molar-refractivity contribution < 1.29 is 0 Å². The second-order valence-electron chi connectivity index (χ2n) is 8.34. The zero-order chi connectivity index (χ0) is 23.8. The first-order valence-corrected chi connectivity index (χ1v) is 11.3. The standard InChI is InChI=1S/C31H18N4/c32-19-21-12-13-31-28(16-21)27-9-2-4-11-30(27)35(31)29-10-3-1-8-26(29)24-7-5-6-22(17-24)23-14-15-34-25(18-23)20-33/h1-18H. The van der Waals surface area contributed by atoms with Crippen molar-refractivity contribution in [2.45, 2.75) is 0 Å². The lowest BCUT2D eigenvalue weighted by Crippen LogP contribution is -1.97. The van der Waals surface area contributed by atoms with Crippen molar-refractivity contribution in [1.82, 2.24) is 9.55 Å². The van der Waals surface area contributed by atoms with Gasteiger partial charge >= 0.3 is 0 Å². The number of hydrogen-bond acceptors (Lipinski definition) is 3. The minimum absolute atomic E-state index is 0.398. The first-order chi connectivity index (χ1) is 17.3. The van der Waals surface area contributed by atoms with Crippen LogP contribution < -0.4 is 0 Å². The lowest BCUT2D eigenvalue weighted by Gasteiger charge is -2.15. The quantitative estimate of drug-likeness (QED) is 0.287. The highest BCUT2D eigenvalue weighted by atomic mass is 15.0. The number of fused-ring (bicyclic) bond motifs is 3. The van der Waals surface area contributed by atoms with Gasteiger partial charge < -0.3 is 4.57 Å². The number of aromatic nitrogens is 2. The van der Waals surface area contributed by atoms with Gasteiger partial charge in [-0.2, -0.15) is 10.5 Å². The molecule has 0 fully saturated rings. The summed E-state index contributed by atoms with van der Waals surface area (Å²) < 4.78 is 2.27. The number of nitrogens with zero attached hydrogens (tertiary/aromatic N) is 4. The van der Waals surface area contributed by atoms with Gasteiger partial charge in [0.15, 0.2) is 0 Å². The fourth-order valence-electron chi connectivity index (χ4n) is 4.75. The highest BCUT2D eigenvalue weighted by Crippen LogP contribution is 2.37. The molecule has 35 heavy (non-hydrogen) atoms. The van der Waals surface area contributed by atoms with Gasteiger partial charge in [-0.3, -0.25) is 0 Å². The van der Waals surface area contributed by atoms with E-state index in [0.717, 1.165) is 49.7 Å². The molecule has 6 rings (SSSR count). The van der Waals surface area contributed by atoms with Crippen molar-refractivity contribution >= 4 is 21.8 Å². The summed E-state index contributed by atoms with van der Waals surface area (Å²) in [6.45, 7) is 0. The van der Waals surface area contributed by atoms with Crippen molar-refractivity contribution in [3.63, 3.8) is 0 Å². The number of nitriles is 2. The SMILES string of the molecule is N#Cc1ccc2c(c1)c1ccccc1n2-c1ccccc1-c1cccc(-c2ccnc(C#N)c2)c1. The average molecular weight is 447 g/mol. The monoisotopic (exact) mass is 446 g/mol. The molecule has 4 aromatic carbocycles. The van der Waals surface area contributed by atoms with Crippen molar-refractivity contribution in [1.29, 1.82) is 10.5 Å². The van der Waals surface area contributed by atoms with E-state index < -0.39 is 0 Å². The van der Waals surface area contributed by atoms with Gasteiger partial charge in [0.1, 0.15) is 11.8 Å². The Hall–Kier alpha value is -5.19. The van der Waals surface area contributed by atoms with Crippen LogP contribution in [0.2, 0.25) is 0 Å². The molecule has 0 radical (unpaired) electrons. The number of benzene rings is 4. The highest BCUT2D eigenvalue weighted by Gasteiger charge is 2.16. The van der Waals surface area contributed by atoms with Gasteiger partial charge in [-0.25, -0.2) is 4.98 Å². The van der Waals surface area contributed by atoms with E-state index in [2.05, 4.69) is 64.2 Å². The predicted octanol–water partition coefficient (Wildman–Crippen LogP) is 7.26. The van der Waals surface area contributed by atoms with E-state index in [4.69, 9.17) is 0 Å². The Labute approximate surface area is 202 Å². The summed E-state index contributed by atoms with van der Waals surface area (Å²) in [5, 5.41) is 20.9. The molecule has 2 aromatic heterocycles. The van der Waals surface area contributed by atoms with Gasteiger partial charge in [0.2, 0.25) is 0 Å². The Balaban J connectivity index is 1.59. The number of para-hydroxylation sites is 2. The molecule has 6 aromatic rings. The van der Waals surface area contributed by atoms with Crippen molar-refractivity contribution in [3.8, 4) is 40.1 Å². The highest BCUT2D eigenvalue weighted by molar-refractivity contribution is 6.10. The lowest BCUT2D eigenvalue weighted by atomic mass is 9.98. The van der Waals surface area contributed by atoms with Crippen LogP contribution in [0.25, 0.3) is 49.7 Å². The molecule has 0 amide bonds. The minimum Gasteiger partial charge on any atom is -0.309 e. The number of hydrogen-bond donors (Lipinski definition) is 0. The Morgan fingerprint density at radius 2 is 1.37 bits per heavy atom. The van der Waals surface area contributed by atoms with Gasteiger partial charge in [-0.15, -0.1) is 0 Å². The molecule has 0 spiro atoms. The molecule has 4 heteroatoms. The molecule has 0 saturated carbocycles. The molecule has 0 unspecified atom stereocenters. The van der Waals surface area contributed by atoms with Gasteiger partial charge in [0, 0.05) is 22.5 Å². The van der Waals surface area contributed by atoms with Crippen LogP contribution in [0.5, 0.6) is 0 Å². The summed E-state index contributed by atoms with van der Waals surface area (Å²) in [6.07, 6.45) is 1.67. The van der Waals surface area contributed by atoms with E-state index in [0.29, 0.717) is 11.3 Å². The molecule has 4 nitrogen and oxygen atoms in total. The summed E-state index contributed by atoms with van der Waals surface area (Å²) in [4.78, 5) is 4.10. The molecule has 0 N–H and O–H groups in total. The van der Waals surface area contributed by atoms with Crippen LogP contribution in [0.1, 0.15) is 11.3 Å². The smallest absolute Gasteiger partial charge is 0.141 e. The molecule has 0 aliphatic rings. The number of rotatable bonds is 3. The number of pyridine rings is 1.